The fourth-order valence-corrected chi connectivity index (χ4v) is 2.76. The number of benzene rings is 2. The van der Waals surface area contributed by atoms with E-state index in [-0.39, 0.29) is 11.6 Å². The highest BCUT2D eigenvalue weighted by Gasteiger charge is 2.04. The molecule has 3 rings (SSSR count). The van der Waals surface area contributed by atoms with Crippen LogP contribution in [0.1, 0.15) is 16.8 Å². The molecule has 0 aliphatic carbocycles. The van der Waals surface area contributed by atoms with Crippen molar-refractivity contribution >= 4 is 5.96 Å². The highest BCUT2D eigenvalue weighted by molar-refractivity contribution is 5.79. The molecule has 0 radical (unpaired) electrons. The third-order valence-corrected chi connectivity index (χ3v) is 4.31. The van der Waals surface area contributed by atoms with Gasteiger partial charge in [-0.05, 0) is 54.4 Å². The van der Waals surface area contributed by atoms with Crippen molar-refractivity contribution in [1.82, 2.24) is 20.4 Å². The van der Waals surface area contributed by atoms with E-state index in [0.717, 1.165) is 16.9 Å². The van der Waals surface area contributed by atoms with E-state index in [2.05, 4.69) is 20.7 Å². The molecule has 1 heterocycles. The Morgan fingerprint density at radius 2 is 1.86 bits per heavy atom. The molecule has 1 aromatic heterocycles. The molecule has 2 N–H and O–H groups in total. The number of hydrogen-bond acceptors (Lipinski definition) is 2. The first-order valence-corrected chi connectivity index (χ1v) is 9.05. The minimum absolute atomic E-state index is 0.202. The molecule has 0 unspecified atom stereocenters. The van der Waals surface area contributed by atoms with Crippen molar-refractivity contribution in [3.05, 3.63) is 83.2 Å². The predicted molar refractivity (Wildman–Crippen MR) is 107 cm³/mol. The Kier molecular flexibility index (Phi) is 6.37. The minimum Gasteiger partial charge on any atom is -0.356 e. The van der Waals surface area contributed by atoms with Crippen LogP contribution in [0.5, 0.6) is 0 Å². The maximum absolute atomic E-state index is 13.3. The smallest absolute Gasteiger partial charge is 0.191 e. The molecule has 0 spiro atoms. The van der Waals surface area contributed by atoms with E-state index in [1.165, 1.54) is 18.2 Å². The number of rotatable bonds is 6. The third kappa shape index (κ3) is 5.16. The van der Waals surface area contributed by atoms with Gasteiger partial charge in [0.2, 0.25) is 0 Å². The van der Waals surface area contributed by atoms with Crippen LogP contribution in [0.2, 0.25) is 0 Å². The number of aryl methyl sites for hydroxylation is 1. The Balaban J connectivity index is 1.48. The summed E-state index contributed by atoms with van der Waals surface area (Å²) < 4.78 is 28.1. The van der Waals surface area contributed by atoms with E-state index in [0.29, 0.717) is 31.0 Å². The van der Waals surface area contributed by atoms with E-state index >= 15 is 0 Å². The normalized spacial score (nSPS) is 11.5. The highest BCUT2D eigenvalue weighted by atomic mass is 19.1. The SMILES string of the molecule is CN=C(NCCc1ccn(-c2ccc(F)cc2)n1)NCc1ccc(F)c(C)c1. The Bertz CT molecular complexity index is 948. The molecule has 0 bridgehead atoms. The first-order chi connectivity index (χ1) is 13.5. The second kappa shape index (κ2) is 9.12. The summed E-state index contributed by atoms with van der Waals surface area (Å²) in [5.74, 6) is 0.196. The molecule has 7 heteroatoms. The summed E-state index contributed by atoms with van der Waals surface area (Å²) in [6.45, 7) is 2.96. The molecular formula is C21H23F2N5. The van der Waals surface area contributed by atoms with E-state index in [1.807, 2.05) is 18.3 Å². The van der Waals surface area contributed by atoms with E-state index in [4.69, 9.17) is 0 Å². The Morgan fingerprint density at radius 3 is 2.57 bits per heavy atom. The number of aromatic nitrogens is 2. The number of guanidine groups is 1. The standard InChI is InChI=1S/C21H23F2N5/c1-15-13-16(3-8-20(15)23)14-26-21(24-2)25-11-9-18-10-12-28(27-18)19-6-4-17(22)5-7-19/h3-8,10,12-13H,9,11,14H2,1-2H3,(H2,24,25,26). The molecule has 28 heavy (non-hydrogen) atoms. The van der Waals surface area contributed by atoms with E-state index in [9.17, 15) is 8.78 Å². The monoisotopic (exact) mass is 383 g/mol. The van der Waals surface area contributed by atoms with Gasteiger partial charge in [-0.15, -0.1) is 0 Å². The number of nitrogens with one attached hydrogen (secondary N) is 2. The quantitative estimate of drug-likeness (QED) is 0.507. The van der Waals surface area contributed by atoms with Crippen molar-refractivity contribution in [2.24, 2.45) is 4.99 Å². The molecule has 3 aromatic rings. The van der Waals surface area contributed by atoms with Crippen molar-refractivity contribution in [3.8, 4) is 5.69 Å². The lowest BCUT2D eigenvalue weighted by molar-refractivity contribution is 0.617. The number of hydrogen-bond donors (Lipinski definition) is 2. The van der Waals surface area contributed by atoms with Gasteiger partial charge in [0, 0.05) is 32.8 Å². The van der Waals surface area contributed by atoms with E-state index < -0.39 is 0 Å². The Morgan fingerprint density at radius 1 is 1.07 bits per heavy atom. The van der Waals surface area contributed by atoms with Gasteiger partial charge in [-0.2, -0.15) is 5.10 Å². The summed E-state index contributed by atoms with van der Waals surface area (Å²) in [4.78, 5) is 4.19. The molecule has 0 amide bonds. The Hall–Kier alpha value is -3.22. The maximum Gasteiger partial charge on any atom is 0.191 e. The van der Waals surface area contributed by atoms with Crippen LogP contribution < -0.4 is 10.6 Å². The van der Waals surface area contributed by atoms with Crippen molar-refractivity contribution in [1.29, 1.82) is 0 Å². The molecule has 0 saturated carbocycles. The predicted octanol–water partition coefficient (Wildman–Crippen LogP) is 3.37. The first kappa shape index (κ1) is 19.5. The molecule has 146 valence electrons. The fourth-order valence-electron chi connectivity index (χ4n) is 2.76. The van der Waals surface area contributed by atoms with Crippen LogP contribution in [-0.2, 0) is 13.0 Å². The third-order valence-electron chi connectivity index (χ3n) is 4.31. The van der Waals surface area contributed by atoms with Gasteiger partial charge >= 0.3 is 0 Å². The molecular weight excluding hydrogens is 360 g/mol. The van der Waals surface area contributed by atoms with Gasteiger partial charge in [0.1, 0.15) is 11.6 Å². The fraction of sp³-hybridized carbons (Fsp3) is 0.238. The van der Waals surface area contributed by atoms with Gasteiger partial charge in [-0.3, -0.25) is 4.99 Å². The lowest BCUT2D eigenvalue weighted by Gasteiger charge is -2.12. The Labute approximate surface area is 163 Å². The first-order valence-electron chi connectivity index (χ1n) is 9.05. The summed E-state index contributed by atoms with van der Waals surface area (Å²) in [6, 6.07) is 13.2. The molecule has 0 atom stereocenters. The van der Waals surface area contributed by atoms with Crippen molar-refractivity contribution in [2.45, 2.75) is 19.9 Å². The zero-order valence-electron chi connectivity index (χ0n) is 15.9. The summed E-state index contributed by atoms with van der Waals surface area (Å²) in [5.41, 5.74) is 3.34. The van der Waals surface area contributed by atoms with Crippen LogP contribution in [0.15, 0.2) is 59.7 Å². The molecule has 0 aliphatic rings. The van der Waals surface area contributed by atoms with E-state index in [1.54, 1.807) is 36.9 Å². The number of halogens is 2. The zero-order chi connectivity index (χ0) is 19.9. The number of aliphatic imine (C=N–C) groups is 1. The molecule has 0 fully saturated rings. The van der Waals surface area contributed by atoms with Crippen molar-refractivity contribution in [3.63, 3.8) is 0 Å². The largest absolute Gasteiger partial charge is 0.356 e. The van der Waals surface area contributed by atoms with Crippen molar-refractivity contribution in [2.75, 3.05) is 13.6 Å². The topological polar surface area (TPSA) is 54.2 Å². The second-order valence-corrected chi connectivity index (χ2v) is 6.41. The van der Waals surface area contributed by atoms with Crippen LogP contribution in [0, 0.1) is 18.6 Å². The molecule has 0 saturated heterocycles. The molecule has 2 aromatic carbocycles. The van der Waals surface area contributed by atoms with Crippen LogP contribution in [-0.4, -0.2) is 29.3 Å². The summed E-state index contributed by atoms with van der Waals surface area (Å²) in [6.07, 6.45) is 2.57. The minimum atomic E-state index is -0.269. The number of nitrogens with zero attached hydrogens (tertiary/aromatic N) is 3. The second-order valence-electron chi connectivity index (χ2n) is 6.41. The van der Waals surface area contributed by atoms with Crippen LogP contribution in [0.25, 0.3) is 5.69 Å². The van der Waals surface area contributed by atoms with Gasteiger partial charge in [0.15, 0.2) is 5.96 Å². The van der Waals surface area contributed by atoms with Gasteiger partial charge in [-0.25, -0.2) is 13.5 Å². The zero-order valence-corrected chi connectivity index (χ0v) is 15.9. The van der Waals surface area contributed by atoms with Gasteiger partial charge in [-0.1, -0.05) is 12.1 Å². The average Bonchev–Trinajstić information content (AvgIpc) is 3.16. The average molecular weight is 383 g/mol. The maximum atomic E-state index is 13.3. The van der Waals surface area contributed by atoms with Crippen LogP contribution in [0.3, 0.4) is 0 Å². The lowest BCUT2D eigenvalue weighted by atomic mass is 10.1. The van der Waals surface area contributed by atoms with Crippen LogP contribution in [0.4, 0.5) is 8.78 Å². The summed E-state index contributed by atoms with van der Waals surface area (Å²) in [5, 5.41) is 10.9. The summed E-state index contributed by atoms with van der Waals surface area (Å²) in [7, 11) is 1.70. The van der Waals surface area contributed by atoms with Crippen molar-refractivity contribution < 1.29 is 8.78 Å². The molecule has 5 nitrogen and oxygen atoms in total. The van der Waals surface area contributed by atoms with Gasteiger partial charge in [0.05, 0.1) is 11.4 Å². The lowest BCUT2D eigenvalue weighted by Crippen LogP contribution is -2.37. The highest BCUT2D eigenvalue weighted by Crippen LogP contribution is 2.10. The van der Waals surface area contributed by atoms with Crippen LogP contribution >= 0.6 is 0 Å². The molecule has 0 aliphatic heterocycles. The summed E-state index contributed by atoms with van der Waals surface area (Å²) >= 11 is 0. The van der Waals surface area contributed by atoms with Gasteiger partial charge < -0.3 is 10.6 Å². The van der Waals surface area contributed by atoms with Gasteiger partial charge in [0.25, 0.3) is 0 Å².